The molecular formula is C30H33N5O7. The van der Waals surface area contributed by atoms with Gasteiger partial charge in [0.2, 0.25) is 5.91 Å². The van der Waals surface area contributed by atoms with E-state index in [1.807, 2.05) is 30.3 Å². The molecule has 6 aliphatic rings. The smallest absolute Gasteiger partial charge is 0.274 e. The summed E-state index contributed by atoms with van der Waals surface area (Å²) in [6.45, 7) is 1.65. The number of ether oxygens (including phenoxy) is 4. The molecule has 220 valence electrons. The molecule has 12 nitrogen and oxygen atoms in total. The Morgan fingerprint density at radius 3 is 2.67 bits per heavy atom. The maximum atomic E-state index is 13.5. The predicted molar refractivity (Wildman–Crippen MR) is 149 cm³/mol. The number of nitrogens with zero attached hydrogens (tertiary/aromatic N) is 2. The van der Waals surface area contributed by atoms with Crippen LogP contribution in [0.3, 0.4) is 0 Å². The van der Waals surface area contributed by atoms with E-state index in [1.54, 1.807) is 17.0 Å². The first-order valence-corrected chi connectivity index (χ1v) is 14.0. The zero-order valence-electron chi connectivity index (χ0n) is 23.3. The number of hydrogen-bond acceptors (Lipinski definition) is 8. The zero-order chi connectivity index (χ0) is 29.1. The number of aromatic nitrogens is 2. The summed E-state index contributed by atoms with van der Waals surface area (Å²) in [4.78, 5) is 40.7. The van der Waals surface area contributed by atoms with E-state index in [1.165, 1.54) is 7.11 Å². The van der Waals surface area contributed by atoms with Gasteiger partial charge >= 0.3 is 0 Å². The van der Waals surface area contributed by atoms with Crippen LogP contribution in [0.2, 0.25) is 0 Å². The van der Waals surface area contributed by atoms with Crippen LogP contribution in [0.25, 0.3) is 0 Å². The van der Waals surface area contributed by atoms with Gasteiger partial charge in [0.1, 0.15) is 11.9 Å². The molecule has 4 bridgehead atoms. The highest BCUT2D eigenvalue weighted by molar-refractivity contribution is 5.94. The van der Waals surface area contributed by atoms with Crippen LogP contribution >= 0.6 is 0 Å². The van der Waals surface area contributed by atoms with Crippen LogP contribution in [-0.2, 0) is 40.3 Å². The number of hydrogen-bond donors (Lipinski definition) is 3. The van der Waals surface area contributed by atoms with Crippen molar-refractivity contribution in [2.45, 2.75) is 44.6 Å². The molecule has 0 aliphatic carbocycles. The van der Waals surface area contributed by atoms with Crippen LogP contribution < -0.4 is 24.8 Å². The van der Waals surface area contributed by atoms with Gasteiger partial charge in [0.05, 0.1) is 32.9 Å². The third-order valence-electron chi connectivity index (χ3n) is 7.73. The third kappa shape index (κ3) is 6.03. The largest absolute Gasteiger partial charge is 0.493 e. The van der Waals surface area contributed by atoms with Crippen LogP contribution in [0, 0.1) is 0 Å². The van der Waals surface area contributed by atoms with Crippen molar-refractivity contribution >= 4 is 17.7 Å². The van der Waals surface area contributed by atoms with Crippen molar-refractivity contribution in [2.75, 3.05) is 33.4 Å². The standard InChI is InChI=1S/C30H33N5O7/c1-39-25-12-18-4-8-24(25)41-17-28(37)31-13-19-2-6-20(7-3-19)42-26-15-35(14-23(26)32-27(36)9-5-18)30(38)29-21-16-40-11-10-22(21)33-34-29/h2-4,6-8,12,23,26H,5,9-11,13-17H2,1H3,(H,31,37)(H,32,36)(H,33,34)/t23-,26-/m0/s1. The normalized spacial score (nSPS) is 20.9. The third-order valence-corrected chi connectivity index (χ3v) is 7.73. The van der Waals surface area contributed by atoms with Crippen molar-refractivity contribution in [1.82, 2.24) is 25.7 Å². The Labute approximate surface area is 242 Å². The van der Waals surface area contributed by atoms with Crippen molar-refractivity contribution in [3.8, 4) is 17.2 Å². The van der Waals surface area contributed by atoms with E-state index in [0.717, 1.165) is 22.4 Å². The molecular weight excluding hydrogens is 542 g/mol. The van der Waals surface area contributed by atoms with Gasteiger partial charge in [-0.2, -0.15) is 5.10 Å². The van der Waals surface area contributed by atoms with Gasteiger partial charge in [-0.15, -0.1) is 0 Å². The lowest BCUT2D eigenvalue weighted by atomic mass is 10.1. The molecule has 0 saturated carbocycles. The van der Waals surface area contributed by atoms with E-state index in [-0.39, 0.29) is 43.8 Å². The van der Waals surface area contributed by atoms with Gasteiger partial charge in [-0.05, 0) is 41.8 Å². The van der Waals surface area contributed by atoms with Gasteiger partial charge in [0, 0.05) is 37.2 Å². The van der Waals surface area contributed by atoms with Crippen LogP contribution in [-0.4, -0.2) is 78.4 Å². The van der Waals surface area contributed by atoms with Crippen molar-refractivity contribution < 1.29 is 33.3 Å². The van der Waals surface area contributed by atoms with Gasteiger partial charge in [-0.3, -0.25) is 19.5 Å². The maximum Gasteiger partial charge on any atom is 0.274 e. The summed E-state index contributed by atoms with van der Waals surface area (Å²) in [5, 5.41) is 13.2. The summed E-state index contributed by atoms with van der Waals surface area (Å²) < 4.78 is 23.0. The molecule has 0 radical (unpaired) electrons. The molecule has 2 atom stereocenters. The molecule has 2 aromatic carbocycles. The van der Waals surface area contributed by atoms with E-state index in [9.17, 15) is 14.4 Å². The Kier molecular flexibility index (Phi) is 7.95. The second kappa shape index (κ2) is 12.1. The fourth-order valence-corrected chi connectivity index (χ4v) is 5.42. The van der Waals surface area contributed by atoms with Gasteiger partial charge < -0.3 is 34.5 Å². The highest BCUT2D eigenvalue weighted by atomic mass is 16.5. The molecule has 0 spiro atoms. The van der Waals surface area contributed by atoms with Gasteiger partial charge in [-0.1, -0.05) is 18.2 Å². The number of carbonyl (C=O) groups excluding carboxylic acids is 3. The molecule has 3 amide bonds. The Balaban J connectivity index is 1.23. The molecule has 1 aromatic heterocycles. The topological polar surface area (TPSA) is 144 Å². The van der Waals surface area contributed by atoms with E-state index in [0.29, 0.717) is 55.5 Å². The van der Waals surface area contributed by atoms with E-state index >= 15 is 0 Å². The Hall–Kier alpha value is -4.58. The summed E-state index contributed by atoms with van der Waals surface area (Å²) in [5.74, 6) is 0.869. The molecule has 3 N–H and O–H groups in total. The van der Waals surface area contributed by atoms with Crippen molar-refractivity contribution in [1.29, 1.82) is 0 Å². The number of fused-ring (bicyclic) bond motifs is 1. The first-order chi connectivity index (χ1) is 20.5. The highest BCUT2D eigenvalue weighted by Gasteiger charge is 2.39. The number of aromatic amines is 1. The summed E-state index contributed by atoms with van der Waals surface area (Å²) in [7, 11) is 1.53. The van der Waals surface area contributed by atoms with Crippen molar-refractivity contribution in [2.24, 2.45) is 0 Å². The van der Waals surface area contributed by atoms with Crippen LogP contribution in [0.15, 0.2) is 42.5 Å². The van der Waals surface area contributed by atoms with E-state index in [4.69, 9.17) is 18.9 Å². The summed E-state index contributed by atoms with van der Waals surface area (Å²) in [6.07, 6.45) is 0.894. The minimum absolute atomic E-state index is 0.158. The Bertz CT molecular complexity index is 1470. The summed E-state index contributed by atoms with van der Waals surface area (Å²) >= 11 is 0. The second-order valence-corrected chi connectivity index (χ2v) is 10.6. The maximum absolute atomic E-state index is 13.5. The zero-order valence-corrected chi connectivity index (χ0v) is 23.3. The second-order valence-electron chi connectivity index (χ2n) is 10.6. The van der Waals surface area contributed by atoms with Crippen LogP contribution in [0.5, 0.6) is 17.2 Å². The lowest BCUT2D eigenvalue weighted by Gasteiger charge is -2.21. The lowest BCUT2D eigenvalue weighted by Crippen LogP contribution is -2.45. The molecule has 6 aliphatic heterocycles. The molecule has 42 heavy (non-hydrogen) atoms. The number of amides is 3. The summed E-state index contributed by atoms with van der Waals surface area (Å²) in [5.41, 5.74) is 3.82. The minimum atomic E-state index is -0.475. The Morgan fingerprint density at radius 1 is 1.00 bits per heavy atom. The molecule has 12 heteroatoms. The van der Waals surface area contributed by atoms with Gasteiger partial charge in [0.15, 0.2) is 23.8 Å². The number of methoxy groups -OCH3 is 1. The first-order valence-electron chi connectivity index (χ1n) is 14.0. The Morgan fingerprint density at radius 2 is 1.83 bits per heavy atom. The minimum Gasteiger partial charge on any atom is -0.493 e. The molecule has 7 heterocycles. The molecule has 0 unspecified atom stereocenters. The first kappa shape index (κ1) is 27.6. The van der Waals surface area contributed by atoms with Crippen LogP contribution in [0.1, 0.15) is 39.3 Å². The number of benzene rings is 2. The molecule has 1 saturated heterocycles. The molecule has 9 rings (SSSR count). The number of rotatable bonds is 2. The SMILES string of the molecule is COc1cc2ccc1OCC(=O)NCc1ccc(cc1)O[C@H]1CN(C(=O)c3n[nH]c4c3COCC4)C[C@@H]1NC(=O)CC2. The average Bonchev–Trinajstić information content (AvgIpc) is 3.62. The fourth-order valence-electron chi connectivity index (χ4n) is 5.42. The fraction of sp³-hybridized carbons (Fsp3) is 0.400. The highest BCUT2D eigenvalue weighted by Crippen LogP contribution is 2.29. The van der Waals surface area contributed by atoms with E-state index in [2.05, 4.69) is 20.8 Å². The number of likely N-dealkylation sites (tertiary alicyclic amines) is 1. The number of nitrogens with one attached hydrogen (secondary N) is 3. The quantitative estimate of drug-likeness (QED) is 0.417. The van der Waals surface area contributed by atoms with Crippen molar-refractivity contribution in [3.05, 3.63) is 70.5 Å². The lowest BCUT2D eigenvalue weighted by molar-refractivity contribution is -0.123. The van der Waals surface area contributed by atoms with Crippen LogP contribution in [0.4, 0.5) is 0 Å². The number of aryl methyl sites for hydroxylation is 1. The van der Waals surface area contributed by atoms with Gasteiger partial charge in [0.25, 0.3) is 11.8 Å². The van der Waals surface area contributed by atoms with Gasteiger partial charge in [-0.25, -0.2) is 0 Å². The molecule has 1 fully saturated rings. The monoisotopic (exact) mass is 575 g/mol. The predicted octanol–water partition coefficient (Wildman–Crippen LogP) is 1.52. The number of carbonyl (C=O) groups is 3. The van der Waals surface area contributed by atoms with Crippen molar-refractivity contribution in [3.63, 3.8) is 0 Å². The summed E-state index contributed by atoms with van der Waals surface area (Å²) in [6, 6.07) is 12.3. The molecule has 3 aromatic rings. The number of H-pyrrole nitrogens is 1. The average molecular weight is 576 g/mol. The van der Waals surface area contributed by atoms with E-state index < -0.39 is 12.1 Å².